The van der Waals surface area contributed by atoms with Crippen molar-refractivity contribution < 1.29 is 4.79 Å². The fourth-order valence-electron chi connectivity index (χ4n) is 3.36. The van der Waals surface area contributed by atoms with Gasteiger partial charge < -0.3 is 10.3 Å². The van der Waals surface area contributed by atoms with Crippen LogP contribution in [0.5, 0.6) is 0 Å². The van der Waals surface area contributed by atoms with Crippen LogP contribution in [0.25, 0.3) is 22.0 Å². The molecule has 3 heteroatoms. The van der Waals surface area contributed by atoms with E-state index in [4.69, 9.17) is 0 Å². The molecule has 0 spiro atoms. The molecule has 134 valence electrons. The molecular weight excluding hydrogens is 332 g/mol. The Labute approximate surface area is 159 Å². The molecule has 0 aliphatic heterocycles. The Morgan fingerprint density at radius 1 is 0.926 bits per heavy atom. The highest BCUT2D eigenvalue weighted by atomic mass is 16.1. The number of hydrogen-bond donors (Lipinski definition) is 2. The molecule has 0 atom stereocenters. The lowest BCUT2D eigenvalue weighted by Gasteiger charge is -2.07. The van der Waals surface area contributed by atoms with Gasteiger partial charge in [-0.2, -0.15) is 0 Å². The third-order valence-electron chi connectivity index (χ3n) is 4.86. The molecule has 4 aromatic rings. The van der Waals surface area contributed by atoms with Gasteiger partial charge in [-0.05, 0) is 54.3 Å². The van der Waals surface area contributed by atoms with E-state index >= 15 is 0 Å². The molecule has 0 radical (unpaired) electrons. The number of aromatic nitrogens is 1. The van der Waals surface area contributed by atoms with Crippen molar-refractivity contribution in [1.29, 1.82) is 0 Å². The second kappa shape index (κ2) is 7.50. The third kappa shape index (κ3) is 3.77. The average Bonchev–Trinajstić information content (AvgIpc) is 3.11. The third-order valence-corrected chi connectivity index (χ3v) is 4.86. The zero-order valence-electron chi connectivity index (χ0n) is 15.3. The topological polar surface area (TPSA) is 44.9 Å². The Kier molecular flexibility index (Phi) is 4.75. The number of aromatic amines is 1. The predicted octanol–water partition coefficient (Wildman–Crippen LogP) is 5.12. The quantitative estimate of drug-likeness (QED) is 0.513. The van der Waals surface area contributed by atoms with Gasteiger partial charge in [-0.25, -0.2) is 0 Å². The fourth-order valence-corrected chi connectivity index (χ4v) is 3.36. The molecule has 0 aliphatic rings. The van der Waals surface area contributed by atoms with E-state index in [1.165, 1.54) is 16.5 Å². The number of aryl methyl sites for hydroxylation is 1. The lowest BCUT2D eigenvalue weighted by atomic mass is 10.0. The molecule has 0 saturated heterocycles. The maximum atomic E-state index is 12.4. The molecule has 0 saturated carbocycles. The Balaban J connectivity index is 1.38. The summed E-state index contributed by atoms with van der Waals surface area (Å²) in [4.78, 5) is 15.7. The summed E-state index contributed by atoms with van der Waals surface area (Å²) in [6, 6.07) is 24.3. The Morgan fingerprint density at radius 2 is 1.67 bits per heavy atom. The molecule has 0 unspecified atom stereocenters. The zero-order valence-corrected chi connectivity index (χ0v) is 15.3. The van der Waals surface area contributed by atoms with Gasteiger partial charge in [0.15, 0.2) is 0 Å². The number of H-pyrrole nitrogens is 1. The summed E-state index contributed by atoms with van der Waals surface area (Å²) in [5.41, 5.74) is 6.56. The minimum Gasteiger partial charge on any atom is -0.361 e. The molecule has 1 amide bonds. The van der Waals surface area contributed by atoms with Crippen LogP contribution in [0.3, 0.4) is 0 Å². The van der Waals surface area contributed by atoms with Crippen molar-refractivity contribution in [3.63, 3.8) is 0 Å². The van der Waals surface area contributed by atoms with Crippen molar-refractivity contribution in [2.75, 3.05) is 6.54 Å². The highest BCUT2D eigenvalue weighted by molar-refractivity contribution is 5.94. The van der Waals surface area contributed by atoms with Crippen LogP contribution in [0.1, 0.15) is 21.5 Å². The van der Waals surface area contributed by atoms with Gasteiger partial charge in [-0.15, -0.1) is 0 Å². The first-order chi connectivity index (χ1) is 13.2. The van der Waals surface area contributed by atoms with E-state index < -0.39 is 0 Å². The molecule has 1 heterocycles. The summed E-state index contributed by atoms with van der Waals surface area (Å²) >= 11 is 0. The number of benzene rings is 3. The van der Waals surface area contributed by atoms with Crippen molar-refractivity contribution in [3.8, 4) is 11.1 Å². The molecule has 3 nitrogen and oxygen atoms in total. The second-order valence-electron chi connectivity index (χ2n) is 6.81. The van der Waals surface area contributed by atoms with Crippen LogP contribution in [0, 0.1) is 6.92 Å². The van der Waals surface area contributed by atoms with E-state index in [1.807, 2.05) is 48.7 Å². The summed E-state index contributed by atoms with van der Waals surface area (Å²) in [6.45, 7) is 2.71. The molecule has 27 heavy (non-hydrogen) atoms. The first kappa shape index (κ1) is 17.1. The first-order valence-electron chi connectivity index (χ1n) is 9.21. The van der Waals surface area contributed by atoms with Gasteiger partial charge in [0.25, 0.3) is 5.91 Å². The summed E-state index contributed by atoms with van der Waals surface area (Å²) in [7, 11) is 0. The van der Waals surface area contributed by atoms with E-state index in [9.17, 15) is 4.79 Å². The summed E-state index contributed by atoms with van der Waals surface area (Å²) < 4.78 is 0. The Bertz CT molecular complexity index is 1060. The summed E-state index contributed by atoms with van der Waals surface area (Å²) in [5, 5.41) is 4.26. The van der Waals surface area contributed by atoms with E-state index in [0.29, 0.717) is 12.1 Å². The Hall–Kier alpha value is -3.33. The minimum atomic E-state index is -0.0365. The minimum absolute atomic E-state index is 0.0365. The number of amides is 1. The molecule has 1 aromatic heterocycles. The second-order valence-corrected chi connectivity index (χ2v) is 6.81. The maximum absolute atomic E-state index is 12.4. The van der Waals surface area contributed by atoms with Crippen molar-refractivity contribution in [3.05, 3.63) is 95.7 Å². The van der Waals surface area contributed by atoms with Gasteiger partial charge in [0.05, 0.1) is 0 Å². The monoisotopic (exact) mass is 354 g/mol. The van der Waals surface area contributed by atoms with Gasteiger partial charge in [0.1, 0.15) is 0 Å². The van der Waals surface area contributed by atoms with Crippen LogP contribution in [0.2, 0.25) is 0 Å². The smallest absolute Gasteiger partial charge is 0.251 e. The molecule has 0 fully saturated rings. The standard InChI is InChI=1S/C24H22N2O/c1-17-7-12-23-22(15-17)21(16-26-23)13-14-25-24(27)20-10-8-19(9-11-20)18-5-3-2-4-6-18/h2-12,15-16,26H,13-14H2,1H3,(H,25,27). The van der Waals surface area contributed by atoms with E-state index in [1.54, 1.807) is 0 Å². The van der Waals surface area contributed by atoms with Gasteiger partial charge in [-0.1, -0.05) is 54.1 Å². The van der Waals surface area contributed by atoms with Crippen molar-refractivity contribution >= 4 is 16.8 Å². The lowest BCUT2D eigenvalue weighted by Crippen LogP contribution is -2.25. The summed E-state index contributed by atoms with van der Waals surface area (Å²) in [5.74, 6) is -0.0365. The number of nitrogens with one attached hydrogen (secondary N) is 2. The highest BCUT2D eigenvalue weighted by Gasteiger charge is 2.08. The largest absolute Gasteiger partial charge is 0.361 e. The van der Waals surface area contributed by atoms with Crippen LogP contribution < -0.4 is 5.32 Å². The fraction of sp³-hybridized carbons (Fsp3) is 0.125. The van der Waals surface area contributed by atoms with Crippen LogP contribution in [-0.4, -0.2) is 17.4 Å². The number of carbonyl (C=O) groups excluding carboxylic acids is 1. The van der Waals surface area contributed by atoms with Crippen LogP contribution >= 0.6 is 0 Å². The zero-order chi connectivity index (χ0) is 18.6. The van der Waals surface area contributed by atoms with Crippen molar-refractivity contribution in [1.82, 2.24) is 10.3 Å². The maximum Gasteiger partial charge on any atom is 0.251 e. The molecule has 4 rings (SSSR count). The highest BCUT2D eigenvalue weighted by Crippen LogP contribution is 2.21. The van der Waals surface area contributed by atoms with Crippen LogP contribution in [0.15, 0.2) is 79.0 Å². The molecule has 0 bridgehead atoms. The van der Waals surface area contributed by atoms with Gasteiger partial charge in [0, 0.05) is 29.2 Å². The lowest BCUT2D eigenvalue weighted by molar-refractivity contribution is 0.0954. The average molecular weight is 354 g/mol. The van der Waals surface area contributed by atoms with Gasteiger partial charge in [0.2, 0.25) is 0 Å². The summed E-state index contributed by atoms with van der Waals surface area (Å²) in [6.07, 6.45) is 2.84. The number of fused-ring (bicyclic) bond motifs is 1. The number of carbonyl (C=O) groups is 1. The van der Waals surface area contributed by atoms with Gasteiger partial charge in [-0.3, -0.25) is 4.79 Å². The number of hydrogen-bond acceptors (Lipinski definition) is 1. The van der Waals surface area contributed by atoms with E-state index in [-0.39, 0.29) is 5.91 Å². The van der Waals surface area contributed by atoms with E-state index in [2.05, 4.69) is 47.6 Å². The molecule has 0 aliphatic carbocycles. The normalized spacial score (nSPS) is 10.9. The Morgan fingerprint density at radius 3 is 2.44 bits per heavy atom. The number of rotatable bonds is 5. The predicted molar refractivity (Wildman–Crippen MR) is 111 cm³/mol. The molecule has 3 aromatic carbocycles. The first-order valence-corrected chi connectivity index (χ1v) is 9.21. The van der Waals surface area contributed by atoms with E-state index in [0.717, 1.165) is 23.1 Å². The SMILES string of the molecule is Cc1ccc2[nH]cc(CCNC(=O)c3ccc(-c4ccccc4)cc3)c2c1. The van der Waals surface area contributed by atoms with Crippen molar-refractivity contribution in [2.24, 2.45) is 0 Å². The molecule has 2 N–H and O–H groups in total. The van der Waals surface area contributed by atoms with Crippen LogP contribution in [0.4, 0.5) is 0 Å². The van der Waals surface area contributed by atoms with Crippen molar-refractivity contribution in [2.45, 2.75) is 13.3 Å². The van der Waals surface area contributed by atoms with Crippen LogP contribution in [-0.2, 0) is 6.42 Å². The van der Waals surface area contributed by atoms with Gasteiger partial charge >= 0.3 is 0 Å². The molecular formula is C24H22N2O.